The Balaban J connectivity index is 1.76. The normalized spacial score (nSPS) is 15.6. The lowest BCUT2D eigenvalue weighted by molar-refractivity contribution is -0.150. The average molecular weight is 353 g/mol. The Labute approximate surface area is 145 Å². The minimum Gasteiger partial charge on any atom is -0.454 e. The Bertz CT molecular complexity index is 614. The third-order valence-electron chi connectivity index (χ3n) is 3.89. The van der Waals surface area contributed by atoms with Crippen LogP contribution in [0, 0.1) is 0 Å². The maximum Gasteiger partial charge on any atom is 0.328 e. The summed E-state index contributed by atoms with van der Waals surface area (Å²) in [6.45, 7) is 1.15. The lowest BCUT2D eigenvalue weighted by Crippen LogP contribution is -2.42. The summed E-state index contributed by atoms with van der Waals surface area (Å²) >= 11 is 5.94. The third kappa shape index (κ3) is 5.23. The topological polar surface area (TPSA) is 84.5 Å². The molecule has 0 spiro atoms. The maximum absolute atomic E-state index is 12.1. The van der Waals surface area contributed by atoms with Crippen molar-refractivity contribution >= 4 is 29.4 Å². The van der Waals surface area contributed by atoms with Crippen LogP contribution in [0.5, 0.6) is 0 Å². The molecule has 1 fully saturated rings. The molecule has 0 unspecified atom stereocenters. The third-order valence-corrected chi connectivity index (χ3v) is 4.22. The van der Waals surface area contributed by atoms with Crippen LogP contribution in [0.25, 0.3) is 0 Å². The van der Waals surface area contributed by atoms with Crippen molar-refractivity contribution < 1.29 is 19.1 Å². The fourth-order valence-electron chi connectivity index (χ4n) is 2.58. The maximum atomic E-state index is 12.1. The molecule has 6 nitrogen and oxygen atoms in total. The van der Waals surface area contributed by atoms with Gasteiger partial charge in [-0.1, -0.05) is 36.6 Å². The van der Waals surface area contributed by atoms with Gasteiger partial charge in [-0.2, -0.15) is 0 Å². The zero-order chi connectivity index (χ0) is 17.5. The highest BCUT2D eigenvalue weighted by Crippen LogP contribution is 2.17. The molecule has 24 heavy (non-hydrogen) atoms. The predicted octanol–water partition coefficient (Wildman–Crippen LogP) is 2.06. The molecule has 1 aromatic rings. The Morgan fingerprint density at radius 1 is 1.25 bits per heavy atom. The molecule has 0 bridgehead atoms. The van der Waals surface area contributed by atoms with E-state index in [0.717, 1.165) is 25.7 Å². The lowest BCUT2D eigenvalue weighted by atomic mass is 10.2. The molecule has 1 atom stereocenters. The quantitative estimate of drug-likeness (QED) is 0.767. The number of halogens is 1. The second-order valence-electron chi connectivity index (χ2n) is 5.83. The van der Waals surface area contributed by atoms with Crippen LogP contribution in [0.2, 0.25) is 5.02 Å². The first-order valence-corrected chi connectivity index (χ1v) is 8.36. The van der Waals surface area contributed by atoms with Crippen molar-refractivity contribution in [1.29, 1.82) is 0 Å². The van der Waals surface area contributed by atoms with Crippen LogP contribution < -0.4 is 10.6 Å². The highest BCUT2D eigenvalue weighted by molar-refractivity contribution is 6.33. The fourth-order valence-corrected chi connectivity index (χ4v) is 2.80. The zero-order valence-corrected chi connectivity index (χ0v) is 14.3. The summed E-state index contributed by atoms with van der Waals surface area (Å²) in [4.78, 5) is 35.7. The minimum absolute atomic E-state index is 0.175. The summed E-state index contributed by atoms with van der Waals surface area (Å²) in [6, 6.07) is 5.83. The molecule has 1 aliphatic rings. The van der Waals surface area contributed by atoms with Crippen LogP contribution in [-0.4, -0.2) is 36.5 Å². The van der Waals surface area contributed by atoms with Crippen LogP contribution in [-0.2, 0) is 14.3 Å². The second kappa shape index (κ2) is 8.68. The van der Waals surface area contributed by atoms with Gasteiger partial charge in [0, 0.05) is 6.04 Å². The number of hydrogen-bond acceptors (Lipinski definition) is 4. The van der Waals surface area contributed by atoms with Gasteiger partial charge in [0.2, 0.25) is 0 Å². The number of rotatable bonds is 6. The van der Waals surface area contributed by atoms with Gasteiger partial charge in [0.05, 0.1) is 10.6 Å². The molecule has 0 radical (unpaired) electrons. The largest absolute Gasteiger partial charge is 0.454 e. The summed E-state index contributed by atoms with van der Waals surface area (Å²) < 4.78 is 4.94. The van der Waals surface area contributed by atoms with E-state index in [-0.39, 0.29) is 24.1 Å². The van der Waals surface area contributed by atoms with Crippen LogP contribution in [0.4, 0.5) is 0 Å². The summed E-state index contributed by atoms with van der Waals surface area (Å²) in [5, 5.41) is 5.63. The van der Waals surface area contributed by atoms with Gasteiger partial charge in [0.1, 0.15) is 6.04 Å². The van der Waals surface area contributed by atoms with E-state index >= 15 is 0 Å². The van der Waals surface area contributed by atoms with E-state index in [1.807, 2.05) is 0 Å². The van der Waals surface area contributed by atoms with Crippen LogP contribution in [0.15, 0.2) is 24.3 Å². The molecule has 2 rings (SSSR count). The van der Waals surface area contributed by atoms with Gasteiger partial charge in [-0.25, -0.2) is 4.79 Å². The molecule has 7 heteroatoms. The standard InChI is InChI=1S/C17H21ClN2O4/c1-11(19-16(22)13-8-4-5-9-14(13)18)17(23)24-10-15(21)20-12-6-2-3-7-12/h4-5,8-9,11-12H,2-3,6-7,10H2,1H3,(H,19,22)(H,20,21)/t11-/m0/s1. The number of amides is 2. The van der Waals surface area contributed by atoms with E-state index in [1.54, 1.807) is 24.3 Å². The predicted molar refractivity (Wildman–Crippen MR) is 89.7 cm³/mol. The first-order valence-electron chi connectivity index (χ1n) is 7.98. The first kappa shape index (κ1) is 18.3. The fraction of sp³-hybridized carbons (Fsp3) is 0.471. The molecule has 130 valence electrons. The van der Waals surface area contributed by atoms with E-state index in [4.69, 9.17) is 16.3 Å². The van der Waals surface area contributed by atoms with Crippen LogP contribution in [0.3, 0.4) is 0 Å². The van der Waals surface area contributed by atoms with Crippen molar-refractivity contribution in [3.05, 3.63) is 34.9 Å². The molecule has 2 amide bonds. The number of carbonyl (C=O) groups excluding carboxylic acids is 3. The first-order chi connectivity index (χ1) is 11.5. The number of nitrogens with one attached hydrogen (secondary N) is 2. The van der Waals surface area contributed by atoms with E-state index in [9.17, 15) is 14.4 Å². The number of esters is 1. The highest BCUT2D eigenvalue weighted by Gasteiger charge is 2.21. The van der Waals surface area contributed by atoms with Gasteiger partial charge in [-0.15, -0.1) is 0 Å². The SMILES string of the molecule is C[C@H](NC(=O)c1ccccc1Cl)C(=O)OCC(=O)NC1CCCC1. The molecular formula is C17H21ClN2O4. The Hall–Kier alpha value is -2.08. The molecule has 2 N–H and O–H groups in total. The highest BCUT2D eigenvalue weighted by atomic mass is 35.5. The van der Waals surface area contributed by atoms with Crippen molar-refractivity contribution in [3.8, 4) is 0 Å². The zero-order valence-electron chi connectivity index (χ0n) is 13.5. The van der Waals surface area contributed by atoms with Crippen LogP contribution >= 0.6 is 11.6 Å². The molecule has 1 aromatic carbocycles. The van der Waals surface area contributed by atoms with Gasteiger partial charge in [0.25, 0.3) is 11.8 Å². The molecule has 0 heterocycles. The smallest absolute Gasteiger partial charge is 0.328 e. The van der Waals surface area contributed by atoms with E-state index in [0.29, 0.717) is 5.02 Å². The number of benzene rings is 1. The average Bonchev–Trinajstić information content (AvgIpc) is 3.05. The van der Waals surface area contributed by atoms with Crippen LogP contribution in [0.1, 0.15) is 43.0 Å². The van der Waals surface area contributed by atoms with Crippen molar-refractivity contribution in [2.75, 3.05) is 6.61 Å². The summed E-state index contributed by atoms with van der Waals surface area (Å²) in [7, 11) is 0. The second-order valence-corrected chi connectivity index (χ2v) is 6.24. The number of ether oxygens (including phenoxy) is 1. The lowest BCUT2D eigenvalue weighted by Gasteiger charge is -2.15. The number of carbonyl (C=O) groups is 3. The van der Waals surface area contributed by atoms with E-state index in [1.165, 1.54) is 6.92 Å². The van der Waals surface area contributed by atoms with Gasteiger partial charge < -0.3 is 15.4 Å². The Kier molecular flexibility index (Phi) is 6.61. The minimum atomic E-state index is -0.881. The van der Waals surface area contributed by atoms with Gasteiger partial charge in [-0.05, 0) is 31.9 Å². The summed E-state index contributed by atoms with van der Waals surface area (Å²) in [6.07, 6.45) is 4.14. The molecule has 0 aliphatic heterocycles. The Morgan fingerprint density at radius 2 is 1.92 bits per heavy atom. The van der Waals surface area contributed by atoms with Gasteiger partial charge in [-0.3, -0.25) is 9.59 Å². The van der Waals surface area contributed by atoms with Gasteiger partial charge >= 0.3 is 5.97 Å². The summed E-state index contributed by atoms with van der Waals surface area (Å²) in [5.74, 6) is -1.46. The van der Waals surface area contributed by atoms with Crippen molar-refractivity contribution in [2.24, 2.45) is 0 Å². The van der Waals surface area contributed by atoms with Gasteiger partial charge in [0.15, 0.2) is 6.61 Å². The molecule has 1 aliphatic carbocycles. The van der Waals surface area contributed by atoms with E-state index in [2.05, 4.69) is 10.6 Å². The van der Waals surface area contributed by atoms with Crippen molar-refractivity contribution in [2.45, 2.75) is 44.7 Å². The van der Waals surface area contributed by atoms with Crippen molar-refractivity contribution in [3.63, 3.8) is 0 Å². The molecule has 1 saturated carbocycles. The van der Waals surface area contributed by atoms with E-state index < -0.39 is 17.9 Å². The Morgan fingerprint density at radius 3 is 2.58 bits per heavy atom. The van der Waals surface area contributed by atoms with Crippen molar-refractivity contribution in [1.82, 2.24) is 10.6 Å². The molecule has 0 aromatic heterocycles. The monoisotopic (exact) mass is 352 g/mol. The summed E-state index contributed by atoms with van der Waals surface area (Å²) in [5.41, 5.74) is 0.276. The number of hydrogen-bond donors (Lipinski definition) is 2. The molecular weight excluding hydrogens is 332 g/mol. The molecule has 0 saturated heterocycles.